The predicted molar refractivity (Wildman–Crippen MR) is 48.4 cm³/mol. The van der Waals surface area contributed by atoms with Crippen LogP contribution in [0, 0.1) is 17.5 Å². The zero-order valence-corrected chi connectivity index (χ0v) is 8.46. The molecule has 92 valence electrons. The van der Waals surface area contributed by atoms with Crippen molar-refractivity contribution in [2.45, 2.75) is 0 Å². The number of hydrazine groups is 1. The molecule has 0 radical (unpaired) electrons. The van der Waals surface area contributed by atoms with Gasteiger partial charge in [-0.3, -0.25) is 5.84 Å². The van der Waals surface area contributed by atoms with Gasteiger partial charge in [-0.25, -0.2) is 17.7 Å². The zero-order valence-electron chi connectivity index (χ0n) is 7.56. The summed E-state index contributed by atoms with van der Waals surface area (Å²) in [5.41, 5.74) is 1.61. The van der Waals surface area contributed by atoms with Crippen molar-refractivity contribution in [1.82, 2.24) is 0 Å². The van der Waals surface area contributed by atoms with Gasteiger partial charge in [0.2, 0.25) is 0 Å². The average molecular weight is 260 g/mol. The van der Waals surface area contributed by atoms with E-state index in [1.165, 1.54) is 0 Å². The summed E-state index contributed by atoms with van der Waals surface area (Å²) in [7, 11) is -4.64. The molecule has 0 aromatic heterocycles. The lowest BCUT2D eigenvalue weighted by Crippen LogP contribution is -2.09. The molecule has 10 heteroatoms. The number of benzene rings is 1. The second kappa shape index (κ2) is 5.83. The number of halogens is 3. The van der Waals surface area contributed by atoms with Crippen molar-refractivity contribution in [1.29, 1.82) is 0 Å². The van der Waals surface area contributed by atoms with E-state index >= 15 is 0 Å². The summed E-state index contributed by atoms with van der Waals surface area (Å²) in [5.74, 6) is 0.716. The Morgan fingerprint density at radius 3 is 1.94 bits per heavy atom. The van der Waals surface area contributed by atoms with Gasteiger partial charge >= 0.3 is 7.82 Å². The van der Waals surface area contributed by atoms with Crippen molar-refractivity contribution in [2.75, 3.05) is 5.43 Å². The van der Waals surface area contributed by atoms with Crippen LogP contribution in [0.15, 0.2) is 12.1 Å². The predicted octanol–water partition coefficient (Wildman–Crippen LogP) is 0.461. The molecule has 0 fully saturated rings. The van der Waals surface area contributed by atoms with E-state index in [1.54, 1.807) is 0 Å². The molecule has 0 saturated carbocycles. The fraction of sp³-hybridized carbons (Fsp3) is 0. The number of nitrogen functional groups attached to an aromatic ring is 1. The largest absolute Gasteiger partial charge is 0.466 e. The highest BCUT2D eigenvalue weighted by Crippen LogP contribution is 2.25. The molecular formula is C6H8F3N2O4P. The number of anilines is 1. The zero-order chi connectivity index (χ0) is 12.9. The van der Waals surface area contributed by atoms with Crippen LogP contribution in [0.5, 0.6) is 0 Å². The Balaban J connectivity index is 0.000000385. The minimum absolute atomic E-state index is 0.274. The summed E-state index contributed by atoms with van der Waals surface area (Å²) < 4.78 is 45.9. The van der Waals surface area contributed by atoms with Crippen molar-refractivity contribution in [3.05, 3.63) is 29.6 Å². The fourth-order valence-corrected chi connectivity index (χ4v) is 0.637. The lowest BCUT2D eigenvalue weighted by atomic mass is 10.3. The van der Waals surface area contributed by atoms with Crippen LogP contribution in [0.2, 0.25) is 0 Å². The molecule has 1 aromatic carbocycles. The molecule has 0 aliphatic rings. The minimum Gasteiger partial charge on any atom is -0.321 e. The van der Waals surface area contributed by atoms with Crippen molar-refractivity contribution in [3.63, 3.8) is 0 Å². The van der Waals surface area contributed by atoms with E-state index in [9.17, 15) is 13.2 Å². The van der Waals surface area contributed by atoms with Gasteiger partial charge in [0.05, 0.1) is 5.69 Å². The Morgan fingerprint density at radius 2 is 1.56 bits per heavy atom. The first kappa shape index (κ1) is 14.9. The van der Waals surface area contributed by atoms with E-state index in [1.807, 2.05) is 5.43 Å². The van der Waals surface area contributed by atoms with Gasteiger partial charge in [0.25, 0.3) is 0 Å². The van der Waals surface area contributed by atoms with E-state index in [-0.39, 0.29) is 5.69 Å². The fourth-order valence-electron chi connectivity index (χ4n) is 0.637. The molecule has 0 amide bonds. The van der Waals surface area contributed by atoms with Crippen molar-refractivity contribution >= 4 is 13.5 Å². The molecule has 16 heavy (non-hydrogen) atoms. The molecule has 0 spiro atoms. The van der Waals surface area contributed by atoms with E-state index in [0.29, 0.717) is 0 Å². The van der Waals surface area contributed by atoms with E-state index in [0.717, 1.165) is 12.1 Å². The Morgan fingerprint density at radius 1 is 1.12 bits per heavy atom. The molecule has 0 atom stereocenters. The molecule has 0 aliphatic carbocycles. The molecule has 1 aromatic rings. The number of nitrogens with two attached hydrogens (primary N) is 1. The molecule has 0 heterocycles. The van der Waals surface area contributed by atoms with Crippen LogP contribution >= 0.6 is 7.82 Å². The van der Waals surface area contributed by atoms with Gasteiger partial charge in [-0.05, 0) is 12.1 Å². The van der Waals surface area contributed by atoms with Crippen molar-refractivity contribution in [3.8, 4) is 0 Å². The van der Waals surface area contributed by atoms with E-state index in [4.69, 9.17) is 25.1 Å². The molecule has 0 aliphatic heterocycles. The van der Waals surface area contributed by atoms with E-state index in [2.05, 4.69) is 0 Å². The van der Waals surface area contributed by atoms with Crippen LogP contribution in [0.3, 0.4) is 0 Å². The van der Waals surface area contributed by atoms with Gasteiger partial charge < -0.3 is 20.1 Å². The van der Waals surface area contributed by atoms with Crippen LogP contribution in [0.25, 0.3) is 0 Å². The third-order valence-electron chi connectivity index (χ3n) is 1.19. The number of rotatable bonds is 1. The van der Waals surface area contributed by atoms with Crippen LogP contribution in [0.1, 0.15) is 0 Å². The van der Waals surface area contributed by atoms with Gasteiger partial charge in [-0.15, -0.1) is 0 Å². The Bertz CT molecular complexity index is 403. The van der Waals surface area contributed by atoms with Crippen molar-refractivity contribution in [2.24, 2.45) is 5.84 Å². The first-order valence-corrected chi connectivity index (χ1v) is 5.11. The van der Waals surface area contributed by atoms with Crippen LogP contribution < -0.4 is 11.3 Å². The van der Waals surface area contributed by atoms with Crippen LogP contribution in [-0.2, 0) is 4.57 Å². The van der Waals surface area contributed by atoms with Gasteiger partial charge in [-0.1, -0.05) is 0 Å². The quantitative estimate of drug-likeness (QED) is 0.217. The van der Waals surface area contributed by atoms with Crippen LogP contribution in [-0.4, -0.2) is 14.7 Å². The highest BCUT2D eigenvalue weighted by Gasteiger charge is 2.11. The molecule has 0 saturated heterocycles. The Hall–Kier alpha value is -1.12. The first-order valence-electron chi connectivity index (χ1n) is 3.55. The lowest BCUT2D eigenvalue weighted by Gasteiger charge is -2.01. The number of nitrogens with one attached hydrogen (secondary N) is 1. The minimum atomic E-state index is -4.64. The Labute approximate surface area is 87.7 Å². The maximum absolute atomic E-state index is 12.5. The summed E-state index contributed by atoms with van der Waals surface area (Å²) in [6.45, 7) is 0. The van der Waals surface area contributed by atoms with Crippen molar-refractivity contribution < 1.29 is 32.4 Å². The third kappa shape index (κ3) is 5.69. The number of hydrogen-bond acceptors (Lipinski definition) is 3. The average Bonchev–Trinajstić information content (AvgIpc) is 2.12. The summed E-state index contributed by atoms with van der Waals surface area (Å²) in [6.07, 6.45) is 0. The molecule has 0 bridgehead atoms. The highest BCUT2D eigenvalue weighted by atomic mass is 31.2. The molecule has 6 nitrogen and oxygen atoms in total. The Kier molecular flexibility index (Phi) is 5.42. The summed E-state index contributed by atoms with van der Waals surface area (Å²) in [6, 6.07) is 1.79. The normalized spacial score (nSPS) is 10.4. The standard InChI is InChI=1S/C6H5F3N2.H3O4P/c7-3-1-2-4(11-10)6(9)5(3)8;1-5(2,3)4/h1-2,11H,10H2;(H3,1,2,3,4). The maximum atomic E-state index is 12.5. The molecule has 6 N–H and O–H groups in total. The number of phosphoric acid groups is 1. The second-order valence-electron chi connectivity index (χ2n) is 2.38. The molecular weight excluding hydrogens is 252 g/mol. The number of hydrogen-bond donors (Lipinski definition) is 5. The van der Waals surface area contributed by atoms with Gasteiger partial charge in [0.15, 0.2) is 17.5 Å². The maximum Gasteiger partial charge on any atom is 0.466 e. The van der Waals surface area contributed by atoms with E-state index < -0.39 is 25.3 Å². The third-order valence-corrected chi connectivity index (χ3v) is 1.19. The topological polar surface area (TPSA) is 116 Å². The summed E-state index contributed by atoms with van der Waals surface area (Å²) in [4.78, 5) is 21.6. The van der Waals surface area contributed by atoms with Gasteiger partial charge in [0, 0.05) is 0 Å². The van der Waals surface area contributed by atoms with Gasteiger partial charge in [-0.2, -0.15) is 0 Å². The SMILES string of the molecule is NNc1ccc(F)c(F)c1F.O=P(O)(O)O. The second-order valence-corrected chi connectivity index (χ2v) is 3.41. The molecule has 1 rings (SSSR count). The first-order chi connectivity index (χ1) is 7.16. The molecule has 0 unspecified atom stereocenters. The highest BCUT2D eigenvalue weighted by molar-refractivity contribution is 7.45. The summed E-state index contributed by atoms with van der Waals surface area (Å²) in [5, 5.41) is 0. The lowest BCUT2D eigenvalue weighted by molar-refractivity contribution is 0.275. The summed E-state index contributed by atoms with van der Waals surface area (Å²) >= 11 is 0. The monoisotopic (exact) mass is 260 g/mol. The van der Waals surface area contributed by atoms with Crippen LogP contribution in [0.4, 0.5) is 18.9 Å². The smallest absolute Gasteiger partial charge is 0.321 e. The van der Waals surface area contributed by atoms with Gasteiger partial charge in [0.1, 0.15) is 0 Å².